The molecule has 0 atom stereocenters. The number of carbonyl (C=O) groups excluding carboxylic acids is 1. The largest absolute Gasteiger partial charge is 0.296 e. The number of thiazole rings is 1. The van der Waals surface area contributed by atoms with E-state index in [1.807, 2.05) is 6.92 Å². The van der Waals surface area contributed by atoms with Gasteiger partial charge in [0.25, 0.3) is 5.91 Å². The van der Waals surface area contributed by atoms with Crippen molar-refractivity contribution < 1.29 is 4.79 Å². The highest BCUT2D eigenvalue weighted by atomic mass is 32.1. The van der Waals surface area contributed by atoms with Gasteiger partial charge in [-0.25, -0.2) is 4.98 Å². The number of aryl methyl sites for hydroxylation is 4. The molecule has 1 N–H and O–H groups in total. The number of amides is 1. The summed E-state index contributed by atoms with van der Waals surface area (Å²) >= 11 is 1.60. The molecule has 100 valence electrons. The number of rotatable bonds is 2. The van der Waals surface area contributed by atoms with Crippen molar-refractivity contribution in [3.8, 4) is 0 Å². The van der Waals surface area contributed by atoms with E-state index < -0.39 is 0 Å². The first kappa shape index (κ1) is 12.3. The molecule has 1 aliphatic rings. The first-order chi connectivity index (χ1) is 9.13. The summed E-state index contributed by atoms with van der Waals surface area (Å²) in [6.07, 6.45) is 4.55. The van der Waals surface area contributed by atoms with Gasteiger partial charge in [-0.3, -0.25) is 14.8 Å². The fourth-order valence-electron chi connectivity index (χ4n) is 2.39. The van der Waals surface area contributed by atoms with E-state index in [1.165, 1.54) is 17.7 Å². The average molecular weight is 276 g/mol. The van der Waals surface area contributed by atoms with Gasteiger partial charge >= 0.3 is 0 Å². The molecule has 0 radical (unpaired) electrons. The smallest absolute Gasteiger partial charge is 0.275 e. The van der Waals surface area contributed by atoms with Gasteiger partial charge in [-0.1, -0.05) is 0 Å². The highest BCUT2D eigenvalue weighted by Gasteiger charge is 2.18. The highest BCUT2D eigenvalue weighted by molar-refractivity contribution is 7.15. The maximum Gasteiger partial charge on any atom is 0.275 e. The second-order valence-corrected chi connectivity index (χ2v) is 5.93. The van der Waals surface area contributed by atoms with Crippen LogP contribution in [0.15, 0.2) is 6.07 Å². The summed E-state index contributed by atoms with van der Waals surface area (Å²) in [6, 6.07) is 1.78. The van der Waals surface area contributed by atoms with Gasteiger partial charge in [-0.15, -0.1) is 11.3 Å². The van der Waals surface area contributed by atoms with Crippen LogP contribution in [0.1, 0.15) is 39.6 Å². The molecule has 2 heterocycles. The minimum atomic E-state index is -0.144. The van der Waals surface area contributed by atoms with E-state index in [0.29, 0.717) is 10.8 Å². The van der Waals surface area contributed by atoms with Crippen LogP contribution in [-0.2, 0) is 19.9 Å². The van der Waals surface area contributed by atoms with E-state index in [2.05, 4.69) is 15.4 Å². The van der Waals surface area contributed by atoms with Crippen LogP contribution in [0.25, 0.3) is 0 Å². The van der Waals surface area contributed by atoms with Gasteiger partial charge in [0, 0.05) is 11.9 Å². The van der Waals surface area contributed by atoms with Crippen LogP contribution in [0, 0.1) is 6.92 Å². The Labute approximate surface area is 115 Å². The third-order valence-electron chi connectivity index (χ3n) is 3.30. The molecule has 1 amide bonds. The van der Waals surface area contributed by atoms with Crippen LogP contribution in [0.5, 0.6) is 0 Å². The molecule has 1 aliphatic carbocycles. The van der Waals surface area contributed by atoms with Crippen LogP contribution in [0.2, 0.25) is 0 Å². The molecule has 0 bridgehead atoms. The number of carbonyl (C=O) groups is 1. The predicted octanol–water partition coefficient (Wildman–Crippen LogP) is 2.32. The fraction of sp³-hybridized carbons (Fsp3) is 0.462. The van der Waals surface area contributed by atoms with Crippen LogP contribution >= 0.6 is 11.3 Å². The first-order valence-corrected chi connectivity index (χ1v) is 7.25. The van der Waals surface area contributed by atoms with Crippen LogP contribution in [0.3, 0.4) is 0 Å². The molecule has 0 saturated carbocycles. The highest BCUT2D eigenvalue weighted by Crippen LogP contribution is 2.29. The lowest BCUT2D eigenvalue weighted by molar-refractivity contribution is 0.101. The molecule has 0 aromatic carbocycles. The molecular formula is C13H16N4OS. The van der Waals surface area contributed by atoms with Crippen LogP contribution in [0.4, 0.5) is 5.13 Å². The minimum absolute atomic E-state index is 0.144. The van der Waals surface area contributed by atoms with Crippen molar-refractivity contribution in [1.82, 2.24) is 14.8 Å². The molecule has 0 spiro atoms. The van der Waals surface area contributed by atoms with Gasteiger partial charge in [0.15, 0.2) is 5.13 Å². The SMILES string of the molecule is Cc1cc(C(=O)Nc2nc3c(s2)CCCC3)n(C)n1. The zero-order valence-electron chi connectivity index (χ0n) is 11.1. The molecule has 0 fully saturated rings. The number of fused-ring (bicyclic) bond motifs is 1. The third kappa shape index (κ3) is 2.40. The lowest BCUT2D eigenvalue weighted by atomic mass is 10.0. The van der Waals surface area contributed by atoms with Crippen molar-refractivity contribution in [3.05, 3.63) is 28.0 Å². The van der Waals surface area contributed by atoms with E-state index in [-0.39, 0.29) is 5.91 Å². The van der Waals surface area contributed by atoms with Gasteiger partial charge in [0.2, 0.25) is 0 Å². The Hall–Kier alpha value is -1.69. The number of aromatic nitrogens is 3. The van der Waals surface area contributed by atoms with Crippen LogP contribution < -0.4 is 5.32 Å². The number of anilines is 1. The monoisotopic (exact) mass is 276 g/mol. The molecule has 2 aromatic heterocycles. The minimum Gasteiger partial charge on any atom is -0.296 e. The standard InChI is InChI=1S/C13H16N4OS/c1-8-7-10(17(2)16-8)12(18)15-13-14-9-5-3-4-6-11(9)19-13/h7H,3-6H2,1-2H3,(H,14,15,18). The normalized spacial score (nSPS) is 14.2. The predicted molar refractivity (Wildman–Crippen MR) is 74.7 cm³/mol. The Morgan fingerprint density at radius 2 is 2.21 bits per heavy atom. The average Bonchev–Trinajstić information content (AvgIpc) is 2.91. The molecular weight excluding hydrogens is 260 g/mol. The first-order valence-electron chi connectivity index (χ1n) is 6.44. The molecule has 0 unspecified atom stereocenters. The van der Waals surface area contributed by atoms with Gasteiger partial charge < -0.3 is 0 Å². The maximum atomic E-state index is 12.2. The van der Waals surface area contributed by atoms with Crippen molar-refractivity contribution in [2.45, 2.75) is 32.6 Å². The van der Waals surface area contributed by atoms with Crippen molar-refractivity contribution in [2.75, 3.05) is 5.32 Å². The van der Waals surface area contributed by atoms with E-state index in [4.69, 9.17) is 0 Å². The fourth-order valence-corrected chi connectivity index (χ4v) is 3.43. The maximum absolute atomic E-state index is 12.2. The number of hydrogen-bond donors (Lipinski definition) is 1. The Kier molecular flexibility index (Phi) is 3.10. The van der Waals surface area contributed by atoms with Gasteiger partial charge in [0.1, 0.15) is 5.69 Å². The Bertz CT molecular complexity index is 605. The zero-order chi connectivity index (χ0) is 13.4. The summed E-state index contributed by atoms with van der Waals surface area (Å²) < 4.78 is 1.60. The lowest BCUT2D eigenvalue weighted by Crippen LogP contribution is -2.15. The van der Waals surface area contributed by atoms with Crippen molar-refractivity contribution in [1.29, 1.82) is 0 Å². The second-order valence-electron chi connectivity index (χ2n) is 4.84. The summed E-state index contributed by atoms with van der Waals surface area (Å²) in [4.78, 5) is 18.0. The molecule has 5 nitrogen and oxygen atoms in total. The Balaban J connectivity index is 1.79. The second kappa shape index (κ2) is 4.77. The van der Waals surface area contributed by atoms with Gasteiger partial charge in [-0.2, -0.15) is 5.10 Å². The van der Waals surface area contributed by atoms with Crippen molar-refractivity contribution in [3.63, 3.8) is 0 Å². The summed E-state index contributed by atoms with van der Waals surface area (Å²) in [7, 11) is 1.77. The van der Waals surface area contributed by atoms with E-state index in [1.54, 1.807) is 29.1 Å². The number of nitrogens with zero attached hydrogens (tertiary/aromatic N) is 3. The summed E-state index contributed by atoms with van der Waals surface area (Å²) in [5.74, 6) is -0.144. The molecule has 0 saturated heterocycles. The van der Waals surface area contributed by atoms with Crippen molar-refractivity contribution in [2.24, 2.45) is 7.05 Å². The molecule has 0 aliphatic heterocycles. The lowest BCUT2D eigenvalue weighted by Gasteiger charge is -2.06. The quantitative estimate of drug-likeness (QED) is 0.915. The molecule has 2 aromatic rings. The molecule has 6 heteroatoms. The third-order valence-corrected chi connectivity index (χ3v) is 4.37. The topological polar surface area (TPSA) is 59.8 Å². The summed E-state index contributed by atoms with van der Waals surface area (Å²) in [6.45, 7) is 1.87. The Morgan fingerprint density at radius 1 is 1.42 bits per heavy atom. The van der Waals surface area contributed by atoms with E-state index in [0.717, 1.165) is 24.2 Å². The van der Waals surface area contributed by atoms with Crippen molar-refractivity contribution >= 4 is 22.4 Å². The van der Waals surface area contributed by atoms with Gasteiger partial charge in [0.05, 0.1) is 11.4 Å². The molecule has 19 heavy (non-hydrogen) atoms. The number of nitrogens with one attached hydrogen (secondary N) is 1. The zero-order valence-corrected chi connectivity index (χ0v) is 11.9. The van der Waals surface area contributed by atoms with Crippen LogP contribution in [-0.4, -0.2) is 20.7 Å². The van der Waals surface area contributed by atoms with E-state index >= 15 is 0 Å². The van der Waals surface area contributed by atoms with Gasteiger partial charge in [-0.05, 0) is 38.7 Å². The molecule has 3 rings (SSSR count). The Morgan fingerprint density at radius 3 is 2.89 bits per heavy atom. The summed E-state index contributed by atoms with van der Waals surface area (Å²) in [5, 5.41) is 7.76. The van der Waals surface area contributed by atoms with E-state index in [9.17, 15) is 4.79 Å². The summed E-state index contributed by atoms with van der Waals surface area (Å²) in [5.41, 5.74) is 2.56. The number of hydrogen-bond acceptors (Lipinski definition) is 4.